The highest BCUT2D eigenvalue weighted by atomic mass is 31.2. The number of para-hydroxylation sites is 1. The standard InChI is InChI=1S/C28H30N5O4P/c1-18(34)32-25(16-21-17-31-24-10-6-5-9-23(21)24)28(35)33-26(38(36,37)22-7-3-2-4-8-22)15-19-11-13-20(14-12-19)27(29)30/h2-14,17,25-26,31H,15-16H2,1H3,(H3,29,30)(H,32,34)(H,33,35)(H,36,37)/t25-,26+/m1/s1. The summed E-state index contributed by atoms with van der Waals surface area (Å²) in [6, 6.07) is 21.6. The zero-order chi connectivity index (χ0) is 27.3. The number of nitrogens with one attached hydrogen (secondary N) is 4. The Morgan fingerprint density at radius 1 is 0.974 bits per heavy atom. The normalized spacial score (nSPS) is 14.3. The summed E-state index contributed by atoms with van der Waals surface area (Å²) in [6.45, 7) is 1.32. The van der Waals surface area contributed by atoms with E-state index in [-0.39, 0.29) is 24.0 Å². The van der Waals surface area contributed by atoms with Crippen molar-refractivity contribution in [3.05, 3.63) is 102 Å². The van der Waals surface area contributed by atoms with E-state index in [4.69, 9.17) is 11.1 Å². The highest BCUT2D eigenvalue weighted by Crippen LogP contribution is 2.45. The molecule has 1 aromatic heterocycles. The van der Waals surface area contributed by atoms with Crippen LogP contribution in [0.5, 0.6) is 0 Å². The highest BCUT2D eigenvalue weighted by Gasteiger charge is 2.36. The van der Waals surface area contributed by atoms with Gasteiger partial charge in [0.15, 0.2) is 0 Å². The average molecular weight is 532 g/mol. The first kappa shape index (κ1) is 26.9. The maximum atomic E-state index is 13.8. The van der Waals surface area contributed by atoms with Crippen molar-refractivity contribution in [1.82, 2.24) is 15.6 Å². The molecule has 9 nitrogen and oxygen atoms in total. The van der Waals surface area contributed by atoms with Crippen LogP contribution >= 0.6 is 7.37 Å². The minimum Gasteiger partial charge on any atom is -0.384 e. The number of amidine groups is 1. The van der Waals surface area contributed by atoms with Crippen molar-refractivity contribution in [2.45, 2.75) is 31.6 Å². The van der Waals surface area contributed by atoms with Crippen LogP contribution in [0.4, 0.5) is 0 Å². The van der Waals surface area contributed by atoms with Crippen LogP contribution in [0.3, 0.4) is 0 Å². The molecule has 0 aliphatic heterocycles. The third-order valence-corrected chi connectivity index (χ3v) is 8.54. The summed E-state index contributed by atoms with van der Waals surface area (Å²) >= 11 is 0. The molecule has 0 bridgehead atoms. The molecule has 196 valence electrons. The Labute approximate surface area is 220 Å². The maximum Gasteiger partial charge on any atom is 0.251 e. The van der Waals surface area contributed by atoms with Gasteiger partial charge >= 0.3 is 0 Å². The second-order valence-electron chi connectivity index (χ2n) is 9.11. The van der Waals surface area contributed by atoms with Gasteiger partial charge in [0.1, 0.15) is 17.7 Å². The smallest absolute Gasteiger partial charge is 0.251 e. The second-order valence-corrected chi connectivity index (χ2v) is 11.5. The van der Waals surface area contributed by atoms with Crippen molar-refractivity contribution in [2.24, 2.45) is 5.73 Å². The molecule has 10 heteroatoms. The molecule has 0 saturated carbocycles. The molecule has 38 heavy (non-hydrogen) atoms. The lowest BCUT2D eigenvalue weighted by atomic mass is 10.0. The lowest BCUT2D eigenvalue weighted by molar-refractivity contribution is -0.128. The van der Waals surface area contributed by atoms with Gasteiger partial charge in [0, 0.05) is 47.7 Å². The van der Waals surface area contributed by atoms with Gasteiger partial charge < -0.3 is 26.2 Å². The number of aromatic nitrogens is 1. The number of nitrogens with two attached hydrogens (primary N) is 1. The quantitative estimate of drug-likeness (QED) is 0.105. The van der Waals surface area contributed by atoms with Gasteiger partial charge in [-0.15, -0.1) is 0 Å². The Morgan fingerprint density at radius 3 is 2.29 bits per heavy atom. The van der Waals surface area contributed by atoms with Crippen molar-refractivity contribution in [3.8, 4) is 0 Å². The number of rotatable bonds is 10. The largest absolute Gasteiger partial charge is 0.384 e. The van der Waals surface area contributed by atoms with Crippen LogP contribution in [-0.4, -0.2) is 39.4 Å². The summed E-state index contributed by atoms with van der Waals surface area (Å²) in [6.07, 6.45) is 2.03. The number of hydrogen-bond acceptors (Lipinski definition) is 4. The van der Waals surface area contributed by atoms with E-state index < -0.39 is 31.0 Å². The zero-order valence-electron chi connectivity index (χ0n) is 20.8. The molecule has 0 saturated heterocycles. The van der Waals surface area contributed by atoms with E-state index in [0.29, 0.717) is 11.1 Å². The molecular weight excluding hydrogens is 501 g/mol. The topological polar surface area (TPSA) is 161 Å². The lowest BCUT2D eigenvalue weighted by Crippen LogP contribution is -2.51. The first-order valence-electron chi connectivity index (χ1n) is 12.1. The van der Waals surface area contributed by atoms with Gasteiger partial charge in [-0.3, -0.25) is 19.6 Å². The second kappa shape index (κ2) is 11.5. The summed E-state index contributed by atoms with van der Waals surface area (Å²) in [4.78, 5) is 40.0. The first-order chi connectivity index (χ1) is 18.1. The van der Waals surface area contributed by atoms with Crippen LogP contribution in [0.2, 0.25) is 0 Å². The molecular formula is C28H30N5O4P. The number of amides is 2. The Kier molecular flexibility index (Phi) is 8.10. The van der Waals surface area contributed by atoms with Crippen molar-refractivity contribution in [1.29, 1.82) is 5.41 Å². The number of benzene rings is 3. The molecule has 4 rings (SSSR count). The average Bonchev–Trinajstić information content (AvgIpc) is 3.31. The van der Waals surface area contributed by atoms with Gasteiger partial charge in [-0.1, -0.05) is 60.7 Å². The van der Waals surface area contributed by atoms with Crippen LogP contribution in [0.25, 0.3) is 10.9 Å². The molecule has 3 atom stereocenters. The minimum absolute atomic E-state index is 0.0481. The summed E-state index contributed by atoms with van der Waals surface area (Å²) in [5, 5.41) is 14.2. The number of carbonyl (C=O) groups excluding carboxylic acids is 2. The Balaban J connectivity index is 1.64. The molecule has 0 radical (unpaired) electrons. The monoisotopic (exact) mass is 531 g/mol. The van der Waals surface area contributed by atoms with E-state index in [2.05, 4.69) is 15.6 Å². The van der Waals surface area contributed by atoms with Crippen molar-refractivity contribution >= 4 is 41.2 Å². The van der Waals surface area contributed by atoms with Gasteiger partial charge in [-0.05, 0) is 29.3 Å². The van der Waals surface area contributed by atoms with E-state index in [1.54, 1.807) is 60.8 Å². The van der Waals surface area contributed by atoms with Gasteiger partial charge in [0.05, 0.1) is 0 Å². The van der Waals surface area contributed by atoms with Gasteiger partial charge in [-0.2, -0.15) is 0 Å². The van der Waals surface area contributed by atoms with E-state index in [1.807, 2.05) is 24.3 Å². The van der Waals surface area contributed by atoms with Crippen LogP contribution in [0.1, 0.15) is 23.6 Å². The number of hydrogen-bond donors (Lipinski definition) is 6. The fourth-order valence-corrected chi connectivity index (χ4v) is 6.09. The van der Waals surface area contributed by atoms with E-state index in [0.717, 1.165) is 16.5 Å². The third-order valence-electron chi connectivity index (χ3n) is 6.34. The fourth-order valence-electron chi connectivity index (χ4n) is 4.37. The maximum absolute atomic E-state index is 13.8. The summed E-state index contributed by atoms with van der Waals surface area (Å²) in [7, 11) is -4.11. The molecule has 0 spiro atoms. The Hall–Kier alpha value is -4.20. The predicted octanol–water partition coefficient (Wildman–Crippen LogP) is 2.78. The number of carbonyl (C=O) groups is 2. The van der Waals surface area contributed by atoms with Crippen LogP contribution in [0, 0.1) is 5.41 Å². The predicted molar refractivity (Wildman–Crippen MR) is 149 cm³/mol. The van der Waals surface area contributed by atoms with Gasteiger partial charge in [0.2, 0.25) is 11.8 Å². The Bertz CT molecular complexity index is 1500. The zero-order valence-corrected chi connectivity index (χ0v) is 21.7. The van der Waals surface area contributed by atoms with Crippen molar-refractivity contribution in [3.63, 3.8) is 0 Å². The number of H-pyrrole nitrogens is 1. The summed E-state index contributed by atoms with van der Waals surface area (Å²) in [5.41, 5.74) is 8.48. The van der Waals surface area contributed by atoms with Crippen LogP contribution < -0.4 is 21.7 Å². The van der Waals surface area contributed by atoms with Crippen LogP contribution in [-0.2, 0) is 27.0 Å². The fraction of sp³-hybridized carbons (Fsp3) is 0.179. The van der Waals surface area contributed by atoms with E-state index >= 15 is 0 Å². The summed E-state index contributed by atoms with van der Waals surface area (Å²) in [5.74, 6) is -2.22. The molecule has 4 aromatic rings. The van der Waals surface area contributed by atoms with E-state index in [1.165, 1.54) is 6.92 Å². The molecule has 1 heterocycles. The molecule has 2 amide bonds. The molecule has 0 aliphatic carbocycles. The Morgan fingerprint density at radius 2 is 1.63 bits per heavy atom. The molecule has 7 N–H and O–H groups in total. The SMILES string of the molecule is CC(=O)N[C@H](Cc1c[nH]c2ccccc12)C(=O)N[C@H](Cc1ccc(C(=N)N)cc1)P(=O)(O)c1ccccc1. The molecule has 0 fully saturated rings. The molecule has 1 unspecified atom stereocenters. The summed E-state index contributed by atoms with van der Waals surface area (Å²) < 4.78 is 13.8. The van der Waals surface area contributed by atoms with Gasteiger partial charge in [0.25, 0.3) is 7.37 Å². The van der Waals surface area contributed by atoms with Crippen molar-refractivity contribution < 1.29 is 19.0 Å². The lowest BCUT2D eigenvalue weighted by Gasteiger charge is -2.27. The first-order valence-corrected chi connectivity index (χ1v) is 13.8. The van der Waals surface area contributed by atoms with Crippen molar-refractivity contribution in [2.75, 3.05) is 0 Å². The van der Waals surface area contributed by atoms with E-state index in [9.17, 15) is 19.0 Å². The third kappa shape index (κ3) is 6.19. The minimum atomic E-state index is -4.11. The number of nitrogen functional groups attached to an aromatic ring is 1. The molecule has 3 aromatic carbocycles. The van der Waals surface area contributed by atoms with Gasteiger partial charge in [-0.25, -0.2) is 0 Å². The van der Waals surface area contributed by atoms with Crippen LogP contribution in [0.15, 0.2) is 85.1 Å². The highest BCUT2D eigenvalue weighted by molar-refractivity contribution is 7.66. The number of aromatic amines is 1. The molecule has 0 aliphatic rings. The number of fused-ring (bicyclic) bond motifs is 1.